The Morgan fingerprint density at radius 3 is 2.62 bits per heavy atom. The highest BCUT2D eigenvalue weighted by Crippen LogP contribution is 2.34. The van der Waals surface area contributed by atoms with Crippen LogP contribution in [0.5, 0.6) is 0 Å². The monoisotopic (exact) mass is 348 g/mol. The fraction of sp³-hybridized carbons (Fsp3) is 0.833. The number of esters is 1. The zero-order valence-corrected chi connectivity index (χ0v) is 13.1. The fourth-order valence-corrected chi connectivity index (χ4v) is 2.47. The van der Waals surface area contributed by atoms with Crippen LogP contribution < -0.4 is 5.32 Å². The van der Waals surface area contributed by atoms with E-state index in [1.165, 1.54) is 0 Å². The Labute approximate surface area is 136 Å². The van der Waals surface area contributed by atoms with Gasteiger partial charge in [-0.1, -0.05) is 0 Å². The van der Waals surface area contributed by atoms with Gasteiger partial charge in [-0.3, -0.25) is 4.79 Å². The van der Waals surface area contributed by atoms with E-state index in [0.29, 0.717) is 0 Å². The van der Waals surface area contributed by atoms with Crippen molar-refractivity contribution in [3.05, 3.63) is 10.4 Å². The van der Waals surface area contributed by atoms with Gasteiger partial charge in [0.1, 0.15) is 18.3 Å². The first kappa shape index (κ1) is 20.1. The second-order valence-electron chi connectivity index (χ2n) is 5.29. The third-order valence-corrected chi connectivity index (χ3v) is 3.58. The number of ether oxygens (including phenoxy) is 2. The number of aliphatic hydroxyl groups excluding tert-OH is 4. The first-order valence-corrected chi connectivity index (χ1v) is 6.97. The first-order valence-electron chi connectivity index (χ1n) is 6.97. The summed E-state index contributed by atoms with van der Waals surface area (Å²) < 4.78 is 9.85. The molecule has 1 rings (SSSR count). The molecule has 24 heavy (non-hydrogen) atoms. The molecule has 0 aromatic rings. The van der Waals surface area contributed by atoms with Crippen LogP contribution in [0.2, 0.25) is 0 Å². The molecule has 0 unspecified atom stereocenters. The van der Waals surface area contributed by atoms with E-state index in [1.54, 1.807) is 0 Å². The van der Waals surface area contributed by atoms with Crippen LogP contribution in [0.1, 0.15) is 13.3 Å². The normalized spacial score (nSPS) is 32.2. The maximum atomic E-state index is 12.0. The average molecular weight is 348 g/mol. The van der Waals surface area contributed by atoms with Gasteiger partial charge >= 0.3 is 5.97 Å². The van der Waals surface area contributed by atoms with Crippen molar-refractivity contribution in [3.8, 4) is 0 Å². The Morgan fingerprint density at radius 1 is 1.54 bits per heavy atom. The van der Waals surface area contributed by atoms with Crippen molar-refractivity contribution in [2.75, 3.05) is 13.7 Å². The molecule has 1 saturated heterocycles. The Morgan fingerprint density at radius 2 is 2.17 bits per heavy atom. The summed E-state index contributed by atoms with van der Waals surface area (Å²) in [6.07, 6.45) is -7.09. The molecule has 1 aliphatic heterocycles. The summed E-state index contributed by atoms with van der Waals surface area (Å²) in [5, 5.41) is 44.5. The summed E-state index contributed by atoms with van der Waals surface area (Å²) in [5.41, 5.74) is 6.38. The quantitative estimate of drug-likeness (QED) is 0.151. The van der Waals surface area contributed by atoms with Crippen LogP contribution in [0.4, 0.5) is 0 Å². The lowest BCUT2D eigenvalue weighted by atomic mass is 9.87. The number of hydrogen-bond acceptors (Lipinski definition) is 9. The van der Waals surface area contributed by atoms with Gasteiger partial charge in [0.05, 0.1) is 25.9 Å². The second-order valence-corrected chi connectivity index (χ2v) is 5.29. The Hall–Kier alpha value is -1.95. The van der Waals surface area contributed by atoms with Crippen LogP contribution in [0.25, 0.3) is 10.4 Å². The van der Waals surface area contributed by atoms with Crippen LogP contribution >= 0.6 is 0 Å². The summed E-state index contributed by atoms with van der Waals surface area (Å²) in [7, 11) is 1.00. The van der Waals surface area contributed by atoms with Gasteiger partial charge in [0.2, 0.25) is 11.6 Å². The third-order valence-electron chi connectivity index (χ3n) is 3.58. The van der Waals surface area contributed by atoms with E-state index in [-0.39, 0.29) is 0 Å². The van der Waals surface area contributed by atoms with Gasteiger partial charge in [0.15, 0.2) is 0 Å². The molecule has 0 spiro atoms. The van der Waals surface area contributed by atoms with Crippen LogP contribution in [0, 0.1) is 0 Å². The summed E-state index contributed by atoms with van der Waals surface area (Å²) in [4.78, 5) is 25.7. The van der Waals surface area contributed by atoms with Crippen molar-refractivity contribution in [1.82, 2.24) is 5.32 Å². The van der Waals surface area contributed by atoms with Crippen LogP contribution in [0.15, 0.2) is 5.11 Å². The lowest BCUT2D eigenvalue weighted by Crippen LogP contribution is -2.66. The van der Waals surface area contributed by atoms with Crippen molar-refractivity contribution < 1.29 is 39.5 Å². The fourth-order valence-electron chi connectivity index (χ4n) is 2.47. The third kappa shape index (κ3) is 4.12. The molecule has 0 aromatic carbocycles. The summed E-state index contributed by atoms with van der Waals surface area (Å²) in [6.45, 7) is 0.297. The highest BCUT2D eigenvalue weighted by molar-refractivity contribution is 5.79. The zero-order chi connectivity index (χ0) is 18.5. The summed E-state index contributed by atoms with van der Waals surface area (Å²) in [6, 6.07) is -1.23. The summed E-state index contributed by atoms with van der Waals surface area (Å²) >= 11 is 0. The minimum Gasteiger partial charge on any atom is -0.467 e. The lowest BCUT2D eigenvalue weighted by molar-refractivity contribution is -0.229. The van der Waals surface area contributed by atoms with Gasteiger partial charge in [-0.05, 0) is 10.6 Å². The molecule has 1 fully saturated rings. The predicted octanol–water partition coefficient (Wildman–Crippen LogP) is -2.47. The molecule has 12 nitrogen and oxygen atoms in total. The largest absolute Gasteiger partial charge is 0.467 e. The van der Waals surface area contributed by atoms with Gasteiger partial charge in [-0.15, -0.1) is 0 Å². The number of methoxy groups -OCH3 is 1. The maximum Gasteiger partial charge on any atom is 0.344 e. The zero-order valence-electron chi connectivity index (χ0n) is 13.1. The number of hydrogen-bond donors (Lipinski definition) is 5. The number of carbonyl (C=O) groups excluding carboxylic acids is 2. The number of azide groups is 1. The molecule has 1 amide bonds. The first-order chi connectivity index (χ1) is 11.2. The standard InChI is InChI=1S/C12H20N4O8/c1-5(18)14-8-6(19)3-12(15-16-13,11(22)23-2)24-10(8)9(21)7(20)4-17/h6-10,17,19-21H,3-4H2,1-2H3,(H,14,18)/t6-,7+,8+,9+,10+,12+/m0/s1. The molecule has 1 aliphatic rings. The topological polar surface area (TPSA) is 194 Å². The van der Waals surface area contributed by atoms with Gasteiger partial charge in [-0.25, -0.2) is 4.79 Å². The van der Waals surface area contributed by atoms with E-state index >= 15 is 0 Å². The SMILES string of the molecule is COC(=O)[C@@]1(N=[N+]=[N-])C[C@H](O)[C@@H](NC(C)=O)[C@H]([C@H](O)[C@H](O)CO)O1. The smallest absolute Gasteiger partial charge is 0.344 e. The van der Waals surface area contributed by atoms with Gasteiger partial charge < -0.3 is 35.2 Å². The van der Waals surface area contributed by atoms with Crippen LogP contribution in [-0.4, -0.2) is 82.2 Å². The molecular formula is C12H20N4O8. The predicted molar refractivity (Wildman–Crippen MR) is 76.1 cm³/mol. The van der Waals surface area contributed by atoms with Crippen molar-refractivity contribution in [1.29, 1.82) is 0 Å². The van der Waals surface area contributed by atoms with E-state index in [1.807, 2.05) is 0 Å². The Kier molecular flexibility index (Phi) is 6.90. The highest BCUT2D eigenvalue weighted by atomic mass is 16.6. The second kappa shape index (κ2) is 8.24. The number of aliphatic hydroxyl groups is 4. The minimum atomic E-state index is -2.29. The summed E-state index contributed by atoms with van der Waals surface area (Å²) in [5.74, 6) is -1.70. The number of nitrogens with zero attached hydrogens (tertiary/aromatic N) is 3. The van der Waals surface area contributed by atoms with E-state index < -0.39 is 61.1 Å². The number of rotatable bonds is 6. The lowest BCUT2D eigenvalue weighted by Gasteiger charge is -2.45. The average Bonchev–Trinajstić information content (AvgIpc) is 2.54. The molecule has 136 valence electrons. The van der Waals surface area contributed by atoms with E-state index in [4.69, 9.17) is 15.4 Å². The van der Waals surface area contributed by atoms with Crippen molar-refractivity contribution in [2.45, 2.75) is 49.5 Å². The van der Waals surface area contributed by atoms with Crippen LogP contribution in [0.3, 0.4) is 0 Å². The molecule has 0 saturated carbocycles. The molecular weight excluding hydrogens is 328 g/mol. The van der Waals surface area contributed by atoms with Crippen molar-refractivity contribution >= 4 is 11.9 Å². The van der Waals surface area contributed by atoms with Crippen LogP contribution in [-0.2, 0) is 19.1 Å². The molecule has 12 heteroatoms. The van der Waals surface area contributed by atoms with E-state index in [9.17, 15) is 24.9 Å². The minimum absolute atomic E-state index is 0.548. The number of nitrogens with one attached hydrogen (secondary N) is 1. The van der Waals surface area contributed by atoms with Crippen molar-refractivity contribution in [2.24, 2.45) is 5.11 Å². The van der Waals surface area contributed by atoms with Crippen molar-refractivity contribution in [3.63, 3.8) is 0 Å². The van der Waals surface area contributed by atoms with Gasteiger partial charge in [0.25, 0.3) is 0 Å². The molecule has 0 bridgehead atoms. The van der Waals surface area contributed by atoms with E-state index in [2.05, 4.69) is 20.1 Å². The molecule has 1 heterocycles. The Bertz CT molecular complexity index is 525. The van der Waals surface area contributed by atoms with E-state index in [0.717, 1.165) is 14.0 Å². The Balaban J connectivity index is 3.29. The number of amides is 1. The number of carbonyl (C=O) groups is 2. The molecule has 0 aliphatic carbocycles. The maximum absolute atomic E-state index is 12.0. The molecule has 0 aromatic heterocycles. The molecule has 6 atom stereocenters. The van der Waals surface area contributed by atoms with Gasteiger partial charge in [0, 0.05) is 18.3 Å². The molecule has 5 N–H and O–H groups in total. The van der Waals surface area contributed by atoms with Gasteiger partial charge in [-0.2, -0.15) is 0 Å². The molecule has 0 radical (unpaired) electrons. The highest BCUT2D eigenvalue weighted by Gasteiger charge is 2.54.